The van der Waals surface area contributed by atoms with Crippen LogP contribution >= 0.6 is 11.6 Å². The van der Waals surface area contributed by atoms with E-state index in [2.05, 4.69) is 21.0 Å². The van der Waals surface area contributed by atoms with E-state index in [0.717, 1.165) is 0 Å². The summed E-state index contributed by atoms with van der Waals surface area (Å²) in [7, 11) is 0. The lowest BCUT2D eigenvalue weighted by atomic mass is 9.83. The molecule has 2 aromatic heterocycles. The van der Waals surface area contributed by atoms with Gasteiger partial charge in [-0.1, -0.05) is 11.6 Å². The first kappa shape index (κ1) is 19.0. The standard InChI is InChI=1S/C11H13N3O2.C6H5ClFN/c12-8-11(1-5-15-6-2-11)9-16-10-7-13-3-4-14-10;1-4-2-6(8)9-3-5(4)7/h3-4,7H,1-2,5-6,9H2;2-3H,1H3. The summed E-state index contributed by atoms with van der Waals surface area (Å²) in [5.41, 5.74) is 0.277. The van der Waals surface area contributed by atoms with Crippen molar-refractivity contribution in [2.75, 3.05) is 19.8 Å². The Morgan fingerprint density at radius 2 is 2.08 bits per heavy atom. The fraction of sp³-hybridized carbons (Fsp3) is 0.412. The molecule has 2 aromatic rings. The third-order valence-corrected chi connectivity index (χ3v) is 4.13. The van der Waals surface area contributed by atoms with Crippen molar-refractivity contribution < 1.29 is 13.9 Å². The van der Waals surface area contributed by atoms with Crippen molar-refractivity contribution in [2.24, 2.45) is 5.41 Å². The number of ether oxygens (including phenoxy) is 2. The zero-order valence-corrected chi connectivity index (χ0v) is 14.5. The van der Waals surface area contributed by atoms with E-state index in [4.69, 9.17) is 21.1 Å². The highest BCUT2D eigenvalue weighted by Crippen LogP contribution is 2.30. The minimum Gasteiger partial charge on any atom is -0.475 e. The molecular weight excluding hydrogens is 347 g/mol. The minimum absolute atomic E-state index is 0.353. The predicted octanol–water partition coefficient (Wildman–Crippen LogP) is 3.36. The smallest absolute Gasteiger partial charge is 0.232 e. The number of hydrogen-bond donors (Lipinski definition) is 0. The number of pyridine rings is 1. The molecule has 0 saturated carbocycles. The number of nitriles is 1. The van der Waals surface area contributed by atoms with Crippen LogP contribution in [0.3, 0.4) is 0 Å². The maximum Gasteiger partial charge on any atom is 0.232 e. The van der Waals surface area contributed by atoms with Crippen molar-refractivity contribution in [1.82, 2.24) is 15.0 Å². The summed E-state index contributed by atoms with van der Waals surface area (Å²) in [6.07, 6.45) is 7.42. The van der Waals surface area contributed by atoms with E-state index in [1.54, 1.807) is 25.5 Å². The Kier molecular flexibility index (Phi) is 7.04. The fourth-order valence-electron chi connectivity index (χ4n) is 2.13. The Labute approximate surface area is 150 Å². The van der Waals surface area contributed by atoms with Gasteiger partial charge in [0, 0.05) is 31.8 Å². The molecule has 1 saturated heterocycles. The van der Waals surface area contributed by atoms with Crippen LogP contribution in [0.2, 0.25) is 5.02 Å². The Bertz CT molecular complexity index is 718. The monoisotopic (exact) mass is 364 g/mol. The molecule has 1 aliphatic rings. The Hall–Kier alpha value is -2.30. The largest absolute Gasteiger partial charge is 0.475 e. The molecule has 3 rings (SSSR count). The second-order valence-electron chi connectivity index (χ2n) is 5.59. The van der Waals surface area contributed by atoms with E-state index in [0.29, 0.717) is 49.1 Å². The molecule has 0 aromatic carbocycles. The van der Waals surface area contributed by atoms with E-state index in [9.17, 15) is 9.65 Å². The van der Waals surface area contributed by atoms with Gasteiger partial charge in [-0.3, -0.25) is 4.98 Å². The highest BCUT2D eigenvalue weighted by atomic mass is 35.5. The zero-order chi connectivity index (χ0) is 18.1. The number of halogens is 2. The number of hydrogen-bond acceptors (Lipinski definition) is 6. The molecule has 0 amide bonds. The van der Waals surface area contributed by atoms with Crippen molar-refractivity contribution in [2.45, 2.75) is 19.8 Å². The van der Waals surface area contributed by atoms with Gasteiger partial charge >= 0.3 is 0 Å². The van der Waals surface area contributed by atoms with Crippen LogP contribution in [0.5, 0.6) is 5.88 Å². The van der Waals surface area contributed by atoms with E-state index < -0.39 is 11.4 Å². The van der Waals surface area contributed by atoms with Gasteiger partial charge in [-0.25, -0.2) is 9.97 Å². The van der Waals surface area contributed by atoms with Gasteiger partial charge in [-0.05, 0) is 31.4 Å². The third kappa shape index (κ3) is 5.93. The lowest BCUT2D eigenvalue weighted by Gasteiger charge is -2.29. The molecule has 25 heavy (non-hydrogen) atoms. The van der Waals surface area contributed by atoms with Crippen LogP contribution in [-0.2, 0) is 4.74 Å². The zero-order valence-electron chi connectivity index (χ0n) is 13.8. The van der Waals surface area contributed by atoms with Crippen LogP contribution in [0, 0.1) is 29.6 Å². The number of rotatable bonds is 3. The third-order valence-electron chi connectivity index (χ3n) is 3.74. The van der Waals surface area contributed by atoms with Gasteiger partial charge in [0.25, 0.3) is 0 Å². The molecule has 6 nitrogen and oxygen atoms in total. The second kappa shape index (κ2) is 9.25. The number of aromatic nitrogens is 3. The molecule has 0 spiro atoms. The molecular formula is C17H18ClFN4O2. The van der Waals surface area contributed by atoms with E-state index in [1.165, 1.54) is 12.3 Å². The van der Waals surface area contributed by atoms with E-state index in [-0.39, 0.29) is 0 Å². The summed E-state index contributed by atoms with van der Waals surface area (Å²) >= 11 is 5.55. The summed E-state index contributed by atoms with van der Waals surface area (Å²) in [4.78, 5) is 11.2. The van der Waals surface area contributed by atoms with E-state index >= 15 is 0 Å². The predicted molar refractivity (Wildman–Crippen MR) is 89.6 cm³/mol. The van der Waals surface area contributed by atoms with Crippen molar-refractivity contribution in [3.05, 3.63) is 47.4 Å². The molecule has 8 heteroatoms. The maximum absolute atomic E-state index is 12.2. The topological polar surface area (TPSA) is 80.9 Å². The molecule has 1 aliphatic heterocycles. The summed E-state index contributed by atoms with van der Waals surface area (Å²) in [5.74, 6) is -0.0273. The molecule has 0 bridgehead atoms. The van der Waals surface area contributed by atoms with Gasteiger partial charge in [0.15, 0.2) is 0 Å². The van der Waals surface area contributed by atoms with Crippen molar-refractivity contribution >= 4 is 11.6 Å². The van der Waals surface area contributed by atoms with Gasteiger partial charge in [-0.15, -0.1) is 0 Å². The van der Waals surface area contributed by atoms with Crippen LogP contribution < -0.4 is 4.74 Å². The lowest BCUT2D eigenvalue weighted by molar-refractivity contribution is 0.0182. The van der Waals surface area contributed by atoms with E-state index in [1.807, 2.05) is 0 Å². The summed E-state index contributed by atoms with van der Waals surface area (Å²) in [6, 6.07) is 3.63. The van der Waals surface area contributed by atoms with Crippen molar-refractivity contribution in [3.8, 4) is 11.9 Å². The van der Waals surface area contributed by atoms with Crippen LogP contribution in [0.1, 0.15) is 18.4 Å². The van der Waals surface area contributed by atoms with Gasteiger partial charge in [0.05, 0.1) is 22.7 Å². The molecule has 0 unspecified atom stereocenters. The molecule has 132 valence electrons. The Morgan fingerprint density at radius 3 is 2.64 bits per heavy atom. The SMILES string of the molecule is Cc1cc(F)ncc1Cl.N#CC1(COc2cnccn2)CCOCC1. The first-order valence-corrected chi connectivity index (χ1v) is 8.08. The van der Waals surface area contributed by atoms with Gasteiger partial charge in [-0.2, -0.15) is 9.65 Å². The second-order valence-corrected chi connectivity index (χ2v) is 6.00. The molecule has 0 N–H and O–H groups in total. The van der Waals surface area contributed by atoms with Crippen molar-refractivity contribution in [3.63, 3.8) is 0 Å². The Morgan fingerprint density at radius 1 is 1.32 bits per heavy atom. The molecule has 1 fully saturated rings. The fourth-order valence-corrected chi connectivity index (χ4v) is 2.23. The number of aryl methyl sites for hydroxylation is 1. The summed E-state index contributed by atoms with van der Waals surface area (Å²) < 4.78 is 22.9. The number of nitrogens with zero attached hydrogens (tertiary/aromatic N) is 4. The summed E-state index contributed by atoms with van der Waals surface area (Å²) in [5, 5.41) is 9.69. The average Bonchev–Trinajstić information content (AvgIpc) is 2.65. The normalized spacial score (nSPS) is 15.4. The molecule has 0 atom stereocenters. The van der Waals surface area contributed by atoms with Gasteiger partial charge in [0.2, 0.25) is 11.8 Å². The van der Waals surface area contributed by atoms with Crippen molar-refractivity contribution in [1.29, 1.82) is 5.26 Å². The van der Waals surface area contributed by atoms with Crippen LogP contribution in [0.25, 0.3) is 0 Å². The van der Waals surface area contributed by atoms with Gasteiger partial charge in [0.1, 0.15) is 6.61 Å². The lowest BCUT2D eigenvalue weighted by Crippen LogP contribution is -2.34. The summed E-state index contributed by atoms with van der Waals surface area (Å²) in [6.45, 7) is 3.33. The van der Waals surface area contributed by atoms with Crippen LogP contribution in [0.4, 0.5) is 4.39 Å². The maximum atomic E-state index is 12.2. The average molecular weight is 365 g/mol. The van der Waals surface area contributed by atoms with Gasteiger partial charge < -0.3 is 9.47 Å². The first-order valence-electron chi connectivity index (χ1n) is 7.70. The molecule has 0 radical (unpaired) electrons. The van der Waals surface area contributed by atoms with Crippen LogP contribution in [-0.4, -0.2) is 34.8 Å². The highest BCUT2D eigenvalue weighted by molar-refractivity contribution is 6.31. The molecule has 0 aliphatic carbocycles. The Balaban J connectivity index is 0.000000212. The minimum atomic E-state index is -0.489. The molecule has 3 heterocycles. The first-order chi connectivity index (χ1) is 12.0. The van der Waals surface area contributed by atoms with Crippen LogP contribution in [0.15, 0.2) is 30.9 Å². The highest BCUT2D eigenvalue weighted by Gasteiger charge is 2.33. The quantitative estimate of drug-likeness (QED) is 0.777.